The minimum Gasteiger partial charge on any atom is -0.493 e. The van der Waals surface area contributed by atoms with Gasteiger partial charge in [0.15, 0.2) is 0 Å². The number of nitrogens with one attached hydrogen (secondary N) is 1. The Labute approximate surface area is 112 Å². The molecule has 1 aromatic rings. The molecule has 0 spiro atoms. The largest absolute Gasteiger partial charge is 0.493 e. The second-order valence-electron chi connectivity index (χ2n) is 4.30. The predicted molar refractivity (Wildman–Crippen MR) is 71.5 cm³/mol. The molecule has 2 rings (SSSR count). The van der Waals surface area contributed by atoms with Crippen LogP contribution < -0.4 is 15.9 Å². The summed E-state index contributed by atoms with van der Waals surface area (Å²) < 4.78 is 10.7. The molecule has 1 heterocycles. The second-order valence-corrected chi connectivity index (χ2v) is 4.30. The van der Waals surface area contributed by atoms with E-state index >= 15 is 0 Å². The summed E-state index contributed by atoms with van der Waals surface area (Å²) >= 11 is 0. The van der Waals surface area contributed by atoms with Crippen molar-refractivity contribution in [3.05, 3.63) is 24.3 Å². The maximum Gasteiger partial charge on any atom is 0.237 e. The molecule has 19 heavy (non-hydrogen) atoms. The lowest BCUT2D eigenvalue weighted by Crippen LogP contribution is -2.48. The number of morpholine rings is 1. The van der Waals surface area contributed by atoms with E-state index in [1.165, 1.54) is 0 Å². The van der Waals surface area contributed by atoms with Gasteiger partial charge in [-0.1, -0.05) is 0 Å². The average molecular weight is 265 g/mol. The number of anilines is 1. The van der Waals surface area contributed by atoms with E-state index in [0.29, 0.717) is 37.7 Å². The first-order valence-electron chi connectivity index (χ1n) is 6.34. The molecular weight excluding hydrogens is 246 g/mol. The summed E-state index contributed by atoms with van der Waals surface area (Å²) in [4.78, 5) is 11.7. The number of ether oxygens (including phenoxy) is 2. The summed E-state index contributed by atoms with van der Waals surface area (Å²) in [6, 6.07) is 7.11. The first-order valence-corrected chi connectivity index (χ1v) is 6.34. The van der Waals surface area contributed by atoms with Gasteiger partial charge in [0.05, 0.1) is 26.2 Å². The van der Waals surface area contributed by atoms with Crippen molar-refractivity contribution in [2.75, 3.05) is 38.6 Å². The van der Waals surface area contributed by atoms with Crippen LogP contribution in [0.2, 0.25) is 0 Å². The van der Waals surface area contributed by atoms with Crippen LogP contribution in [0.5, 0.6) is 5.75 Å². The molecule has 0 radical (unpaired) electrons. The lowest BCUT2D eigenvalue weighted by atomic mass is 10.3. The molecule has 1 aliphatic heterocycles. The second kappa shape index (κ2) is 6.96. The molecular formula is C13H19N3O3. The molecule has 6 nitrogen and oxygen atoms in total. The topological polar surface area (TPSA) is 76.8 Å². The molecule has 1 aromatic carbocycles. The van der Waals surface area contributed by atoms with Crippen LogP contribution in [0, 0.1) is 0 Å². The molecule has 1 aliphatic rings. The van der Waals surface area contributed by atoms with Crippen molar-refractivity contribution in [3.8, 4) is 5.75 Å². The molecule has 0 aliphatic carbocycles. The minimum absolute atomic E-state index is 0.0441. The van der Waals surface area contributed by atoms with Crippen molar-refractivity contribution >= 4 is 11.6 Å². The smallest absolute Gasteiger partial charge is 0.237 e. The first-order chi connectivity index (χ1) is 9.24. The van der Waals surface area contributed by atoms with Crippen molar-refractivity contribution in [1.82, 2.24) is 10.4 Å². The van der Waals surface area contributed by atoms with Crippen LogP contribution in [-0.2, 0) is 9.53 Å². The predicted octanol–water partition coefficient (Wildman–Crippen LogP) is 0.401. The van der Waals surface area contributed by atoms with E-state index in [1.807, 2.05) is 5.01 Å². The van der Waals surface area contributed by atoms with Crippen molar-refractivity contribution in [2.24, 2.45) is 0 Å². The number of amides is 1. The van der Waals surface area contributed by atoms with E-state index in [0.717, 1.165) is 13.1 Å². The normalized spacial score (nSPS) is 16.0. The first kappa shape index (κ1) is 13.6. The summed E-state index contributed by atoms with van der Waals surface area (Å²) in [5.41, 5.74) is 9.09. The minimum atomic E-state index is -0.0441. The van der Waals surface area contributed by atoms with Crippen LogP contribution in [0.15, 0.2) is 24.3 Å². The van der Waals surface area contributed by atoms with Gasteiger partial charge >= 0.3 is 0 Å². The molecule has 1 saturated heterocycles. The zero-order valence-corrected chi connectivity index (χ0v) is 10.8. The van der Waals surface area contributed by atoms with Crippen molar-refractivity contribution < 1.29 is 14.3 Å². The Bertz CT molecular complexity index is 402. The molecule has 1 amide bonds. The molecule has 0 saturated carbocycles. The van der Waals surface area contributed by atoms with Gasteiger partial charge in [-0.25, -0.2) is 5.01 Å². The summed E-state index contributed by atoms with van der Waals surface area (Å²) in [5.74, 6) is 0.672. The maximum absolute atomic E-state index is 11.7. The highest BCUT2D eigenvalue weighted by Crippen LogP contribution is 2.13. The van der Waals surface area contributed by atoms with Gasteiger partial charge < -0.3 is 15.2 Å². The Morgan fingerprint density at radius 2 is 2.00 bits per heavy atom. The summed E-state index contributed by atoms with van der Waals surface area (Å²) in [6.07, 6.45) is 0.321. The Kier molecular flexibility index (Phi) is 5.00. The number of rotatable bonds is 5. The highest BCUT2D eigenvalue weighted by molar-refractivity contribution is 5.75. The van der Waals surface area contributed by atoms with Crippen LogP contribution in [0.1, 0.15) is 6.42 Å². The number of carbonyl (C=O) groups excluding carboxylic acids is 1. The van der Waals surface area contributed by atoms with E-state index in [2.05, 4.69) is 5.43 Å². The van der Waals surface area contributed by atoms with Crippen LogP contribution in [0.3, 0.4) is 0 Å². The summed E-state index contributed by atoms with van der Waals surface area (Å²) in [7, 11) is 0. The fraction of sp³-hybridized carbons (Fsp3) is 0.462. The zero-order valence-electron chi connectivity index (χ0n) is 10.8. The number of hydrogen-bond acceptors (Lipinski definition) is 5. The summed E-state index contributed by atoms with van der Waals surface area (Å²) in [5, 5.41) is 1.87. The molecule has 0 aromatic heterocycles. The third-order valence-corrected chi connectivity index (χ3v) is 2.77. The number of carbonyl (C=O) groups is 1. The molecule has 0 atom stereocenters. The lowest BCUT2D eigenvalue weighted by Gasteiger charge is -2.26. The third kappa shape index (κ3) is 4.76. The summed E-state index contributed by atoms with van der Waals surface area (Å²) in [6.45, 7) is 3.11. The zero-order chi connectivity index (χ0) is 13.5. The molecule has 0 bridgehead atoms. The molecule has 1 fully saturated rings. The standard InChI is InChI=1S/C13H19N3O3/c14-11-1-3-12(4-2-11)19-8-5-13(17)15-16-6-9-18-10-7-16/h1-4H,5-10,14H2,(H,15,17). The van der Waals surface area contributed by atoms with Crippen LogP contribution in [0.4, 0.5) is 5.69 Å². The van der Waals surface area contributed by atoms with Gasteiger partial charge in [0.1, 0.15) is 5.75 Å². The SMILES string of the molecule is Nc1ccc(OCCC(=O)NN2CCOCC2)cc1. The van der Waals surface area contributed by atoms with E-state index in [4.69, 9.17) is 15.2 Å². The lowest BCUT2D eigenvalue weighted by molar-refractivity contribution is -0.128. The fourth-order valence-corrected chi connectivity index (χ4v) is 1.73. The monoisotopic (exact) mass is 265 g/mol. The van der Waals surface area contributed by atoms with Crippen LogP contribution >= 0.6 is 0 Å². The number of hydrogen-bond donors (Lipinski definition) is 2. The van der Waals surface area contributed by atoms with Gasteiger partial charge in [-0.05, 0) is 24.3 Å². The van der Waals surface area contributed by atoms with Crippen LogP contribution in [-0.4, -0.2) is 43.8 Å². The van der Waals surface area contributed by atoms with Gasteiger partial charge in [-0.2, -0.15) is 0 Å². The maximum atomic E-state index is 11.7. The van der Waals surface area contributed by atoms with Gasteiger partial charge in [-0.15, -0.1) is 0 Å². The van der Waals surface area contributed by atoms with Gasteiger partial charge in [0.25, 0.3) is 0 Å². The van der Waals surface area contributed by atoms with E-state index in [9.17, 15) is 4.79 Å². The molecule has 3 N–H and O–H groups in total. The van der Waals surface area contributed by atoms with Crippen molar-refractivity contribution in [1.29, 1.82) is 0 Å². The highest BCUT2D eigenvalue weighted by atomic mass is 16.5. The Hall–Kier alpha value is -1.79. The van der Waals surface area contributed by atoms with E-state index in [-0.39, 0.29) is 5.91 Å². The third-order valence-electron chi connectivity index (χ3n) is 2.77. The number of hydrazine groups is 1. The number of benzene rings is 1. The van der Waals surface area contributed by atoms with Gasteiger partial charge in [-0.3, -0.25) is 10.2 Å². The quantitative estimate of drug-likeness (QED) is 0.754. The number of nitrogens with two attached hydrogens (primary N) is 1. The Balaban J connectivity index is 1.64. The Morgan fingerprint density at radius 1 is 1.32 bits per heavy atom. The number of nitrogen functional groups attached to an aromatic ring is 1. The Morgan fingerprint density at radius 3 is 2.68 bits per heavy atom. The van der Waals surface area contributed by atoms with Gasteiger partial charge in [0, 0.05) is 18.8 Å². The average Bonchev–Trinajstić information content (AvgIpc) is 2.42. The molecule has 104 valence electrons. The molecule has 0 unspecified atom stereocenters. The van der Waals surface area contributed by atoms with Crippen LogP contribution in [0.25, 0.3) is 0 Å². The molecule has 6 heteroatoms. The van der Waals surface area contributed by atoms with Gasteiger partial charge in [0.2, 0.25) is 5.91 Å². The van der Waals surface area contributed by atoms with Crippen molar-refractivity contribution in [3.63, 3.8) is 0 Å². The highest BCUT2D eigenvalue weighted by Gasteiger charge is 2.12. The van der Waals surface area contributed by atoms with E-state index in [1.54, 1.807) is 24.3 Å². The fourth-order valence-electron chi connectivity index (χ4n) is 1.73. The van der Waals surface area contributed by atoms with E-state index < -0.39 is 0 Å². The number of nitrogens with zero attached hydrogens (tertiary/aromatic N) is 1. The van der Waals surface area contributed by atoms with Crippen molar-refractivity contribution in [2.45, 2.75) is 6.42 Å².